The van der Waals surface area contributed by atoms with Crippen molar-refractivity contribution in [2.75, 3.05) is 24.7 Å². The average molecular weight is 495 g/mol. The molecule has 4 rings (SSSR count). The van der Waals surface area contributed by atoms with Gasteiger partial charge in [-0.3, -0.25) is 4.79 Å². The molecule has 0 spiro atoms. The topological polar surface area (TPSA) is 116 Å². The maximum Gasteiger partial charge on any atom is 0.416 e. The predicted octanol–water partition coefficient (Wildman–Crippen LogP) is 4.90. The number of hydrogen-bond donors (Lipinski definition) is 3. The van der Waals surface area contributed by atoms with Gasteiger partial charge in [-0.1, -0.05) is 24.3 Å². The summed E-state index contributed by atoms with van der Waals surface area (Å²) in [5.41, 5.74) is 2.00. The number of hydrogen-bond acceptors (Lipinski definition) is 5. The number of tetrazole rings is 1. The molecule has 1 aromatic heterocycles. The van der Waals surface area contributed by atoms with Gasteiger partial charge in [-0.2, -0.15) is 18.4 Å². The van der Waals surface area contributed by atoms with E-state index < -0.39 is 17.8 Å². The van der Waals surface area contributed by atoms with Crippen molar-refractivity contribution >= 4 is 23.3 Å². The number of amides is 3. The molecule has 3 N–H and O–H groups in total. The van der Waals surface area contributed by atoms with E-state index in [1.807, 2.05) is 0 Å². The standard InChI is InChI=1S/C24H20F3N7O2/c1-34(2)22(35)15-8-6-14(7-9-15)19-11-10-18(13-20(19)21-30-32-33-31-21)29-23(36)28-17-5-3-4-16(12-17)24(25,26)27/h3-13H,1-2H3,(H2,28,29,36)(H,30,31,32,33). The third-order valence-electron chi connectivity index (χ3n) is 5.16. The second-order valence-corrected chi connectivity index (χ2v) is 7.93. The van der Waals surface area contributed by atoms with Crippen LogP contribution < -0.4 is 10.6 Å². The smallest absolute Gasteiger partial charge is 0.345 e. The van der Waals surface area contributed by atoms with Gasteiger partial charge in [0.05, 0.1) is 5.56 Å². The SMILES string of the molecule is CN(C)C(=O)c1ccc(-c2ccc(NC(=O)Nc3cccc(C(F)(F)F)c3)cc2-c2nn[nH]n2)cc1. The third kappa shape index (κ3) is 5.49. The summed E-state index contributed by atoms with van der Waals surface area (Å²) in [6, 6.07) is 15.5. The molecule has 0 saturated heterocycles. The highest BCUT2D eigenvalue weighted by Crippen LogP contribution is 2.33. The van der Waals surface area contributed by atoms with Gasteiger partial charge in [0.15, 0.2) is 0 Å². The van der Waals surface area contributed by atoms with Crippen molar-refractivity contribution in [2.24, 2.45) is 0 Å². The molecule has 3 aromatic carbocycles. The number of rotatable bonds is 5. The Labute approximate surface area is 203 Å². The lowest BCUT2D eigenvalue weighted by Crippen LogP contribution is -2.21. The van der Waals surface area contributed by atoms with Gasteiger partial charge in [-0.15, -0.1) is 10.2 Å². The molecule has 0 aliphatic carbocycles. The fourth-order valence-electron chi connectivity index (χ4n) is 3.45. The number of benzene rings is 3. The van der Waals surface area contributed by atoms with Gasteiger partial charge in [-0.25, -0.2) is 4.79 Å². The van der Waals surface area contributed by atoms with E-state index in [2.05, 4.69) is 31.3 Å². The van der Waals surface area contributed by atoms with Crippen LogP contribution in [0.1, 0.15) is 15.9 Å². The largest absolute Gasteiger partial charge is 0.416 e. The van der Waals surface area contributed by atoms with Crippen LogP contribution in [0.3, 0.4) is 0 Å². The van der Waals surface area contributed by atoms with E-state index in [-0.39, 0.29) is 17.4 Å². The van der Waals surface area contributed by atoms with Crippen LogP contribution >= 0.6 is 0 Å². The van der Waals surface area contributed by atoms with Crippen molar-refractivity contribution in [3.8, 4) is 22.5 Å². The van der Waals surface area contributed by atoms with Crippen LogP contribution in [0.5, 0.6) is 0 Å². The van der Waals surface area contributed by atoms with Crippen molar-refractivity contribution in [1.29, 1.82) is 0 Å². The first-order valence-electron chi connectivity index (χ1n) is 10.6. The summed E-state index contributed by atoms with van der Waals surface area (Å²) in [6.07, 6.45) is -4.53. The van der Waals surface area contributed by atoms with Gasteiger partial charge in [0.1, 0.15) is 0 Å². The second-order valence-electron chi connectivity index (χ2n) is 7.93. The highest BCUT2D eigenvalue weighted by Gasteiger charge is 2.30. The molecule has 0 atom stereocenters. The molecule has 0 fully saturated rings. The monoisotopic (exact) mass is 495 g/mol. The van der Waals surface area contributed by atoms with E-state index in [1.54, 1.807) is 56.6 Å². The highest BCUT2D eigenvalue weighted by atomic mass is 19.4. The summed E-state index contributed by atoms with van der Waals surface area (Å²) in [5.74, 6) is 0.131. The molecular formula is C24H20F3N7O2. The Morgan fingerprint density at radius 3 is 2.19 bits per heavy atom. The lowest BCUT2D eigenvalue weighted by molar-refractivity contribution is -0.137. The fourth-order valence-corrected chi connectivity index (χ4v) is 3.45. The number of urea groups is 1. The quantitative estimate of drug-likeness (QED) is 0.364. The Balaban J connectivity index is 1.59. The summed E-state index contributed by atoms with van der Waals surface area (Å²) in [6.45, 7) is 0. The van der Waals surface area contributed by atoms with Gasteiger partial charge in [0.25, 0.3) is 5.91 Å². The number of nitrogens with zero attached hydrogens (tertiary/aromatic N) is 4. The van der Waals surface area contributed by atoms with Gasteiger partial charge < -0.3 is 15.5 Å². The molecule has 36 heavy (non-hydrogen) atoms. The van der Waals surface area contributed by atoms with E-state index >= 15 is 0 Å². The number of aromatic nitrogens is 4. The summed E-state index contributed by atoms with van der Waals surface area (Å²) < 4.78 is 38.8. The number of H-pyrrole nitrogens is 1. The highest BCUT2D eigenvalue weighted by molar-refractivity contribution is 6.01. The van der Waals surface area contributed by atoms with Crippen molar-refractivity contribution in [3.63, 3.8) is 0 Å². The van der Waals surface area contributed by atoms with E-state index in [0.29, 0.717) is 22.4 Å². The summed E-state index contributed by atoms with van der Waals surface area (Å²) in [4.78, 5) is 26.1. The number of aromatic amines is 1. The van der Waals surface area contributed by atoms with Gasteiger partial charge in [-0.05, 0) is 58.8 Å². The fraction of sp³-hybridized carbons (Fsp3) is 0.125. The van der Waals surface area contributed by atoms with Crippen molar-refractivity contribution in [2.45, 2.75) is 6.18 Å². The minimum absolute atomic E-state index is 0.00954. The molecule has 0 radical (unpaired) electrons. The lowest BCUT2D eigenvalue weighted by atomic mass is 9.97. The maximum atomic E-state index is 12.9. The molecule has 1 heterocycles. The number of halogens is 3. The zero-order valence-corrected chi connectivity index (χ0v) is 19.1. The third-order valence-corrected chi connectivity index (χ3v) is 5.16. The van der Waals surface area contributed by atoms with Crippen LogP contribution in [0.2, 0.25) is 0 Å². The molecule has 0 aliphatic rings. The van der Waals surface area contributed by atoms with E-state index in [0.717, 1.165) is 17.7 Å². The van der Waals surface area contributed by atoms with Crippen LogP contribution in [-0.2, 0) is 6.18 Å². The van der Waals surface area contributed by atoms with Crippen LogP contribution in [0.4, 0.5) is 29.3 Å². The Hall–Kier alpha value is -4.74. The number of alkyl halides is 3. The Kier molecular flexibility index (Phi) is 6.68. The minimum atomic E-state index is -4.53. The van der Waals surface area contributed by atoms with Crippen LogP contribution in [-0.4, -0.2) is 51.6 Å². The predicted molar refractivity (Wildman–Crippen MR) is 127 cm³/mol. The molecule has 0 aliphatic heterocycles. The number of anilines is 2. The number of nitrogens with one attached hydrogen (secondary N) is 3. The van der Waals surface area contributed by atoms with E-state index in [4.69, 9.17) is 0 Å². The molecule has 4 aromatic rings. The van der Waals surface area contributed by atoms with Crippen molar-refractivity contribution < 1.29 is 22.8 Å². The summed E-state index contributed by atoms with van der Waals surface area (Å²) >= 11 is 0. The zero-order valence-electron chi connectivity index (χ0n) is 19.1. The maximum absolute atomic E-state index is 12.9. The van der Waals surface area contributed by atoms with Crippen LogP contribution in [0, 0.1) is 0 Å². The molecule has 0 bridgehead atoms. The van der Waals surface area contributed by atoms with Gasteiger partial charge in [0, 0.05) is 36.6 Å². The minimum Gasteiger partial charge on any atom is -0.345 e. The lowest BCUT2D eigenvalue weighted by Gasteiger charge is -2.14. The molecule has 3 amide bonds. The van der Waals surface area contributed by atoms with E-state index in [1.165, 1.54) is 17.0 Å². The average Bonchev–Trinajstić information content (AvgIpc) is 3.38. The number of carbonyl (C=O) groups is 2. The zero-order chi connectivity index (χ0) is 25.9. The number of carbonyl (C=O) groups excluding carboxylic acids is 2. The Morgan fingerprint density at radius 2 is 1.58 bits per heavy atom. The second kappa shape index (κ2) is 9.86. The Bertz CT molecular complexity index is 1390. The first kappa shape index (κ1) is 24.4. The molecule has 0 saturated carbocycles. The van der Waals surface area contributed by atoms with Gasteiger partial charge >= 0.3 is 12.2 Å². The summed E-state index contributed by atoms with van der Waals surface area (Å²) in [5, 5.41) is 19.0. The first-order valence-corrected chi connectivity index (χ1v) is 10.6. The molecule has 12 heteroatoms. The molecule has 0 unspecified atom stereocenters. The normalized spacial score (nSPS) is 11.1. The van der Waals surface area contributed by atoms with Crippen molar-refractivity contribution in [1.82, 2.24) is 25.5 Å². The Morgan fingerprint density at radius 1 is 0.889 bits per heavy atom. The molecule has 184 valence electrons. The van der Waals surface area contributed by atoms with Gasteiger partial charge in [0.2, 0.25) is 5.82 Å². The summed E-state index contributed by atoms with van der Waals surface area (Å²) in [7, 11) is 3.33. The molecule has 9 nitrogen and oxygen atoms in total. The first-order chi connectivity index (χ1) is 17.1. The van der Waals surface area contributed by atoms with Crippen molar-refractivity contribution in [3.05, 3.63) is 77.9 Å². The molecular weight excluding hydrogens is 475 g/mol. The van der Waals surface area contributed by atoms with Crippen LogP contribution in [0.25, 0.3) is 22.5 Å². The van der Waals surface area contributed by atoms with Crippen LogP contribution in [0.15, 0.2) is 66.7 Å². The van der Waals surface area contributed by atoms with E-state index in [9.17, 15) is 22.8 Å².